The lowest BCUT2D eigenvalue weighted by Crippen LogP contribution is -2.49. The smallest absolute Gasteiger partial charge is 0.231 e. The predicted molar refractivity (Wildman–Crippen MR) is 131 cm³/mol. The van der Waals surface area contributed by atoms with Crippen LogP contribution in [0.25, 0.3) is 0 Å². The van der Waals surface area contributed by atoms with Crippen LogP contribution in [0.3, 0.4) is 0 Å². The van der Waals surface area contributed by atoms with E-state index in [0.717, 1.165) is 79.1 Å². The van der Waals surface area contributed by atoms with Gasteiger partial charge in [0.05, 0.1) is 5.56 Å². The highest BCUT2D eigenvalue weighted by Crippen LogP contribution is 2.28. The Balaban J connectivity index is 1.22. The quantitative estimate of drug-likeness (QED) is 0.525. The maximum absolute atomic E-state index is 9.47. The van der Waals surface area contributed by atoms with Crippen LogP contribution in [-0.4, -0.2) is 52.8 Å². The van der Waals surface area contributed by atoms with E-state index in [1.54, 1.807) is 24.3 Å². The number of nitriles is 1. The Bertz CT molecular complexity index is 1030. The van der Waals surface area contributed by atoms with Gasteiger partial charge < -0.3 is 14.4 Å². The van der Waals surface area contributed by atoms with Crippen LogP contribution in [0.2, 0.25) is 0 Å². The standard InChI is InChI=1S/C26H32N4O2S/c1-19-15-20(2)28-26(23(19)16-27)33-14-9-21(3)29-10-12-30(13-11-29)25-18-31-24(17-32-25)22-7-5-4-6-8-22/h4-5,7,15,17-18,21H,6,8-14H2,1-3H3. The van der Waals surface area contributed by atoms with Crippen LogP contribution in [0.15, 0.2) is 59.1 Å². The molecule has 0 radical (unpaired) electrons. The van der Waals surface area contributed by atoms with Gasteiger partial charge in [0.1, 0.15) is 17.4 Å². The number of aromatic nitrogens is 1. The Labute approximate surface area is 201 Å². The lowest BCUT2D eigenvalue weighted by Gasteiger charge is -2.39. The van der Waals surface area contributed by atoms with Crippen molar-refractivity contribution in [1.82, 2.24) is 14.8 Å². The fraction of sp³-hybridized carbons (Fsp3) is 0.462. The number of hydrogen-bond acceptors (Lipinski definition) is 7. The van der Waals surface area contributed by atoms with Gasteiger partial charge in [-0.2, -0.15) is 5.26 Å². The van der Waals surface area contributed by atoms with Crippen molar-refractivity contribution in [3.05, 3.63) is 70.9 Å². The number of ether oxygens (including phenoxy) is 2. The minimum Gasteiger partial charge on any atom is -0.456 e. The van der Waals surface area contributed by atoms with E-state index in [1.807, 2.05) is 19.9 Å². The Morgan fingerprint density at radius 1 is 1.18 bits per heavy atom. The molecule has 1 aliphatic carbocycles. The molecule has 0 saturated carbocycles. The molecule has 4 rings (SSSR count). The zero-order chi connectivity index (χ0) is 23.2. The van der Waals surface area contributed by atoms with Crippen LogP contribution in [0, 0.1) is 25.2 Å². The van der Waals surface area contributed by atoms with Crippen molar-refractivity contribution in [2.24, 2.45) is 0 Å². The fourth-order valence-corrected chi connectivity index (χ4v) is 5.54. The van der Waals surface area contributed by atoms with Gasteiger partial charge in [0.15, 0.2) is 12.0 Å². The van der Waals surface area contributed by atoms with Crippen molar-refractivity contribution in [3.63, 3.8) is 0 Å². The molecule has 6 nitrogen and oxygen atoms in total. The Hall–Kier alpha value is -2.69. The van der Waals surface area contributed by atoms with Crippen LogP contribution in [0.4, 0.5) is 0 Å². The summed E-state index contributed by atoms with van der Waals surface area (Å²) < 4.78 is 11.8. The zero-order valence-electron chi connectivity index (χ0n) is 19.7. The summed E-state index contributed by atoms with van der Waals surface area (Å²) in [4.78, 5) is 9.37. The average Bonchev–Trinajstić information content (AvgIpc) is 2.84. The fourth-order valence-electron chi connectivity index (χ4n) is 4.33. The molecule has 0 N–H and O–H groups in total. The van der Waals surface area contributed by atoms with Gasteiger partial charge in [-0.15, -0.1) is 11.8 Å². The largest absolute Gasteiger partial charge is 0.456 e. The Kier molecular flexibility index (Phi) is 7.79. The molecule has 0 spiro atoms. The number of pyridine rings is 1. The lowest BCUT2D eigenvalue weighted by atomic mass is 10.0. The van der Waals surface area contributed by atoms with Crippen molar-refractivity contribution < 1.29 is 9.47 Å². The number of hydrogen-bond donors (Lipinski definition) is 0. The maximum Gasteiger partial charge on any atom is 0.231 e. The molecule has 1 atom stereocenters. The normalized spacial score (nSPS) is 19.6. The molecule has 3 heterocycles. The highest BCUT2D eigenvalue weighted by Gasteiger charge is 2.25. The van der Waals surface area contributed by atoms with Gasteiger partial charge >= 0.3 is 0 Å². The molecule has 2 aliphatic heterocycles. The van der Waals surface area contributed by atoms with E-state index in [-0.39, 0.29) is 0 Å². The monoisotopic (exact) mass is 464 g/mol. The van der Waals surface area contributed by atoms with Gasteiger partial charge in [0.2, 0.25) is 5.88 Å². The minimum absolute atomic E-state index is 0.478. The van der Waals surface area contributed by atoms with E-state index in [2.05, 4.69) is 46.0 Å². The minimum atomic E-state index is 0.478. The zero-order valence-corrected chi connectivity index (χ0v) is 20.5. The van der Waals surface area contributed by atoms with Gasteiger partial charge in [-0.3, -0.25) is 4.90 Å². The molecule has 7 heteroatoms. The number of thioether (sulfide) groups is 1. The first kappa shape index (κ1) is 23.5. The molecule has 0 aromatic carbocycles. The van der Waals surface area contributed by atoms with E-state index < -0.39 is 0 Å². The summed E-state index contributed by atoms with van der Waals surface area (Å²) in [5.74, 6) is 2.55. The van der Waals surface area contributed by atoms with Crippen LogP contribution in [-0.2, 0) is 9.47 Å². The van der Waals surface area contributed by atoms with E-state index in [9.17, 15) is 5.26 Å². The second-order valence-corrected chi connectivity index (χ2v) is 9.80. The first-order valence-corrected chi connectivity index (χ1v) is 12.6. The summed E-state index contributed by atoms with van der Waals surface area (Å²) >= 11 is 1.70. The van der Waals surface area contributed by atoms with Crippen molar-refractivity contribution in [2.45, 2.75) is 51.1 Å². The molecule has 1 unspecified atom stereocenters. The van der Waals surface area contributed by atoms with Crippen molar-refractivity contribution in [3.8, 4) is 6.07 Å². The number of aryl methyl sites for hydroxylation is 2. The van der Waals surface area contributed by atoms with E-state index >= 15 is 0 Å². The summed E-state index contributed by atoms with van der Waals surface area (Å²) in [6.45, 7) is 10.1. The second-order valence-electron chi connectivity index (χ2n) is 8.71. The summed E-state index contributed by atoms with van der Waals surface area (Å²) in [7, 11) is 0. The summed E-state index contributed by atoms with van der Waals surface area (Å²) in [6, 6.07) is 4.77. The summed E-state index contributed by atoms with van der Waals surface area (Å²) in [5, 5.41) is 10.3. The molecule has 0 bridgehead atoms. The third-order valence-corrected chi connectivity index (χ3v) is 7.36. The van der Waals surface area contributed by atoms with E-state index in [4.69, 9.17) is 9.47 Å². The second kappa shape index (κ2) is 11.0. The number of piperazine rings is 1. The molecule has 1 aromatic heterocycles. The van der Waals surface area contributed by atoms with Crippen LogP contribution >= 0.6 is 11.8 Å². The van der Waals surface area contributed by atoms with Gasteiger partial charge in [-0.1, -0.05) is 18.2 Å². The van der Waals surface area contributed by atoms with Crippen molar-refractivity contribution in [2.75, 3.05) is 31.9 Å². The first-order valence-electron chi connectivity index (χ1n) is 11.6. The van der Waals surface area contributed by atoms with Crippen LogP contribution < -0.4 is 0 Å². The molecular formula is C26H32N4O2S. The predicted octanol–water partition coefficient (Wildman–Crippen LogP) is 5.02. The molecule has 174 valence electrons. The molecule has 1 fully saturated rings. The lowest BCUT2D eigenvalue weighted by molar-refractivity contribution is 0.0682. The SMILES string of the molecule is Cc1cc(C)c(C#N)c(SCCC(C)N2CCN(C3=COC(C4=CC=CCC4)=CO3)CC2)n1. The molecule has 33 heavy (non-hydrogen) atoms. The topological polar surface area (TPSA) is 61.6 Å². The molecule has 0 amide bonds. The highest BCUT2D eigenvalue weighted by molar-refractivity contribution is 7.99. The first-order chi connectivity index (χ1) is 16.0. The van der Waals surface area contributed by atoms with Gasteiger partial charge in [0.25, 0.3) is 0 Å². The molecule has 3 aliphatic rings. The van der Waals surface area contributed by atoms with Crippen LogP contribution in [0.5, 0.6) is 0 Å². The Morgan fingerprint density at radius 3 is 2.67 bits per heavy atom. The van der Waals surface area contributed by atoms with Crippen LogP contribution in [0.1, 0.15) is 43.0 Å². The van der Waals surface area contributed by atoms with E-state index in [0.29, 0.717) is 11.6 Å². The molecular weight excluding hydrogens is 432 g/mol. The van der Waals surface area contributed by atoms with E-state index in [1.165, 1.54) is 5.57 Å². The molecule has 1 aromatic rings. The van der Waals surface area contributed by atoms with Gasteiger partial charge in [-0.05, 0) is 57.2 Å². The molecule has 1 saturated heterocycles. The Morgan fingerprint density at radius 2 is 2.00 bits per heavy atom. The van der Waals surface area contributed by atoms with Gasteiger partial charge in [0, 0.05) is 43.7 Å². The third kappa shape index (κ3) is 5.82. The number of nitrogens with zero attached hydrogens (tertiary/aromatic N) is 4. The highest BCUT2D eigenvalue weighted by atomic mass is 32.2. The van der Waals surface area contributed by atoms with Gasteiger partial charge in [-0.25, -0.2) is 4.98 Å². The maximum atomic E-state index is 9.47. The number of allylic oxidation sites excluding steroid dienone is 4. The van der Waals surface area contributed by atoms with Crippen molar-refractivity contribution >= 4 is 11.8 Å². The summed E-state index contributed by atoms with van der Waals surface area (Å²) in [6.07, 6.45) is 12.9. The van der Waals surface area contributed by atoms with Crippen molar-refractivity contribution in [1.29, 1.82) is 5.26 Å². The third-order valence-electron chi connectivity index (χ3n) is 6.35. The number of rotatable bonds is 7. The average molecular weight is 465 g/mol. The summed E-state index contributed by atoms with van der Waals surface area (Å²) in [5.41, 5.74) is 3.87.